The third-order valence-corrected chi connectivity index (χ3v) is 4.82. The Kier molecular flexibility index (Phi) is 4.82. The van der Waals surface area contributed by atoms with E-state index < -0.39 is 38.4 Å². The summed E-state index contributed by atoms with van der Waals surface area (Å²) in [4.78, 5) is 3.59. The first kappa shape index (κ1) is 19.5. The van der Waals surface area contributed by atoms with Gasteiger partial charge in [-0.15, -0.1) is 0 Å². The van der Waals surface area contributed by atoms with Crippen LogP contribution in [0.1, 0.15) is 5.69 Å². The van der Waals surface area contributed by atoms with Crippen molar-refractivity contribution in [1.29, 1.82) is 0 Å². The van der Waals surface area contributed by atoms with Gasteiger partial charge >= 0.3 is 6.18 Å². The molecule has 0 fully saturated rings. The van der Waals surface area contributed by atoms with Crippen molar-refractivity contribution in [2.75, 3.05) is 0 Å². The SMILES string of the molecule is NS(=O)(=O)c1ccc(-n2nc(C(F)(F)F)c(F)c2-c2ccc(Br)cc2)cn1. The highest BCUT2D eigenvalue weighted by Crippen LogP contribution is 2.36. The minimum absolute atomic E-state index is 0.0743. The number of primary sulfonamides is 1. The Morgan fingerprint density at radius 2 is 1.70 bits per heavy atom. The van der Waals surface area contributed by atoms with Gasteiger partial charge in [-0.1, -0.05) is 28.1 Å². The third kappa shape index (κ3) is 3.87. The van der Waals surface area contributed by atoms with Crippen molar-refractivity contribution in [2.45, 2.75) is 11.2 Å². The molecule has 0 aliphatic heterocycles. The molecule has 0 aliphatic carbocycles. The average Bonchev–Trinajstić information content (AvgIpc) is 2.92. The lowest BCUT2D eigenvalue weighted by molar-refractivity contribution is -0.143. The molecule has 12 heteroatoms. The van der Waals surface area contributed by atoms with Gasteiger partial charge in [0.05, 0.1) is 11.9 Å². The molecule has 27 heavy (non-hydrogen) atoms. The fourth-order valence-corrected chi connectivity index (χ4v) is 3.01. The summed E-state index contributed by atoms with van der Waals surface area (Å²) in [6.07, 6.45) is -4.08. The third-order valence-electron chi connectivity index (χ3n) is 3.47. The highest BCUT2D eigenvalue weighted by Gasteiger charge is 2.40. The van der Waals surface area contributed by atoms with Gasteiger partial charge in [0.25, 0.3) is 10.0 Å². The van der Waals surface area contributed by atoms with E-state index in [0.717, 1.165) is 18.3 Å². The second-order valence-corrected chi connectivity index (χ2v) is 7.75. The molecule has 0 atom stereocenters. The average molecular weight is 465 g/mol. The van der Waals surface area contributed by atoms with E-state index in [1.54, 1.807) is 0 Å². The highest BCUT2D eigenvalue weighted by atomic mass is 79.9. The van der Waals surface area contributed by atoms with Gasteiger partial charge in [0.15, 0.2) is 10.8 Å². The lowest BCUT2D eigenvalue weighted by Crippen LogP contribution is -2.14. The molecule has 0 unspecified atom stereocenters. The minimum Gasteiger partial charge on any atom is -0.241 e. The van der Waals surface area contributed by atoms with Crippen LogP contribution in [-0.2, 0) is 16.2 Å². The van der Waals surface area contributed by atoms with Crippen LogP contribution in [0.25, 0.3) is 16.9 Å². The lowest BCUT2D eigenvalue weighted by atomic mass is 10.1. The predicted molar refractivity (Wildman–Crippen MR) is 90.8 cm³/mol. The molecule has 0 radical (unpaired) electrons. The second-order valence-electron chi connectivity index (χ2n) is 5.33. The summed E-state index contributed by atoms with van der Waals surface area (Å²) in [7, 11) is -4.10. The van der Waals surface area contributed by atoms with Crippen molar-refractivity contribution in [1.82, 2.24) is 14.8 Å². The van der Waals surface area contributed by atoms with Crippen molar-refractivity contribution in [3.05, 3.63) is 58.6 Å². The molecule has 6 nitrogen and oxygen atoms in total. The molecule has 0 spiro atoms. The number of halogens is 5. The summed E-state index contributed by atoms with van der Waals surface area (Å²) < 4.78 is 77.8. The molecule has 0 saturated carbocycles. The van der Waals surface area contributed by atoms with Gasteiger partial charge in [0.1, 0.15) is 5.69 Å². The van der Waals surface area contributed by atoms with Crippen LogP contribution >= 0.6 is 15.9 Å². The smallest absolute Gasteiger partial charge is 0.241 e. The number of hydrogen-bond donors (Lipinski definition) is 1. The van der Waals surface area contributed by atoms with E-state index in [4.69, 9.17) is 5.14 Å². The van der Waals surface area contributed by atoms with Crippen LogP contribution in [0.15, 0.2) is 52.1 Å². The van der Waals surface area contributed by atoms with Gasteiger partial charge in [-0.3, -0.25) is 0 Å². The summed E-state index contributed by atoms with van der Waals surface area (Å²) in [5.41, 5.74) is -2.08. The first-order valence-electron chi connectivity index (χ1n) is 7.09. The van der Waals surface area contributed by atoms with Crippen molar-refractivity contribution in [3.8, 4) is 16.9 Å². The van der Waals surface area contributed by atoms with Crippen LogP contribution in [0.4, 0.5) is 17.6 Å². The van der Waals surface area contributed by atoms with Crippen LogP contribution in [0.2, 0.25) is 0 Å². The normalized spacial score (nSPS) is 12.4. The first-order chi connectivity index (χ1) is 12.5. The van der Waals surface area contributed by atoms with Gasteiger partial charge in [-0.05, 0) is 24.3 Å². The number of nitrogens with two attached hydrogens (primary N) is 1. The molecule has 0 aliphatic rings. The summed E-state index contributed by atoms with van der Waals surface area (Å²) >= 11 is 3.19. The molecule has 142 valence electrons. The van der Waals surface area contributed by atoms with Crippen LogP contribution < -0.4 is 5.14 Å². The summed E-state index contributed by atoms with van der Waals surface area (Å²) in [5.74, 6) is -1.56. The number of nitrogens with zero attached hydrogens (tertiary/aromatic N) is 3. The van der Waals surface area contributed by atoms with Crippen molar-refractivity contribution in [3.63, 3.8) is 0 Å². The van der Waals surface area contributed by atoms with Gasteiger partial charge < -0.3 is 0 Å². The molecule has 2 heterocycles. The number of alkyl halides is 3. The Balaban J connectivity index is 2.24. The molecule has 1 aromatic carbocycles. The van der Waals surface area contributed by atoms with E-state index >= 15 is 0 Å². The second kappa shape index (κ2) is 6.69. The van der Waals surface area contributed by atoms with Gasteiger partial charge in [-0.25, -0.2) is 27.6 Å². The fraction of sp³-hybridized carbons (Fsp3) is 0.0667. The number of sulfonamides is 1. The number of benzene rings is 1. The Hall–Kier alpha value is -2.31. The number of pyridine rings is 1. The molecule has 3 rings (SSSR count). The number of aromatic nitrogens is 3. The molecule has 0 bridgehead atoms. The zero-order valence-corrected chi connectivity index (χ0v) is 15.5. The van der Waals surface area contributed by atoms with E-state index in [1.807, 2.05) is 0 Å². The Morgan fingerprint density at radius 3 is 2.19 bits per heavy atom. The van der Waals surface area contributed by atoms with Crippen LogP contribution in [0, 0.1) is 5.82 Å². The van der Waals surface area contributed by atoms with E-state index in [0.29, 0.717) is 9.15 Å². The van der Waals surface area contributed by atoms with Gasteiger partial charge in [-0.2, -0.15) is 18.3 Å². The van der Waals surface area contributed by atoms with Crippen LogP contribution in [0.3, 0.4) is 0 Å². The molecular weight excluding hydrogens is 456 g/mol. The Morgan fingerprint density at radius 1 is 1.07 bits per heavy atom. The quantitative estimate of drug-likeness (QED) is 0.600. The van der Waals surface area contributed by atoms with Gasteiger partial charge in [0.2, 0.25) is 5.69 Å². The van der Waals surface area contributed by atoms with E-state index in [9.17, 15) is 26.0 Å². The standard InChI is InChI=1S/C15H9BrF4N4O2S/c16-9-3-1-8(2-4-9)13-12(17)14(15(18,19)20)23-24(13)10-5-6-11(22-7-10)27(21,25)26/h1-7H,(H2,21,25,26). The van der Waals surface area contributed by atoms with E-state index in [-0.39, 0.29) is 11.3 Å². The van der Waals surface area contributed by atoms with Crippen molar-refractivity contribution in [2.24, 2.45) is 5.14 Å². The predicted octanol–water partition coefficient (Wildman–Crippen LogP) is 3.50. The minimum atomic E-state index is -5.02. The first-order valence-corrected chi connectivity index (χ1v) is 9.43. The van der Waals surface area contributed by atoms with E-state index in [2.05, 4.69) is 26.0 Å². The largest absolute Gasteiger partial charge is 0.438 e. The van der Waals surface area contributed by atoms with Crippen LogP contribution in [0.5, 0.6) is 0 Å². The molecule has 2 N–H and O–H groups in total. The highest BCUT2D eigenvalue weighted by molar-refractivity contribution is 9.10. The van der Waals surface area contributed by atoms with Crippen molar-refractivity contribution < 1.29 is 26.0 Å². The Labute approximate surface area is 158 Å². The molecule has 2 aromatic heterocycles. The topological polar surface area (TPSA) is 90.9 Å². The van der Waals surface area contributed by atoms with Crippen LogP contribution in [-0.4, -0.2) is 23.2 Å². The number of hydrogen-bond acceptors (Lipinski definition) is 4. The number of rotatable bonds is 3. The fourth-order valence-electron chi connectivity index (χ4n) is 2.29. The molecule has 0 amide bonds. The maximum Gasteiger partial charge on any atom is 0.438 e. The maximum atomic E-state index is 14.6. The molecule has 0 saturated heterocycles. The summed E-state index contributed by atoms with van der Waals surface area (Å²) in [6.45, 7) is 0. The molecule has 3 aromatic rings. The Bertz CT molecular complexity index is 1090. The van der Waals surface area contributed by atoms with Gasteiger partial charge in [0, 0.05) is 10.0 Å². The zero-order chi connectivity index (χ0) is 20.0. The summed E-state index contributed by atoms with van der Waals surface area (Å²) in [6, 6.07) is 7.99. The monoisotopic (exact) mass is 464 g/mol. The molecular formula is C15H9BrF4N4O2S. The lowest BCUT2D eigenvalue weighted by Gasteiger charge is -2.08. The zero-order valence-electron chi connectivity index (χ0n) is 13.1. The van der Waals surface area contributed by atoms with E-state index in [1.165, 1.54) is 24.3 Å². The summed E-state index contributed by atoms with van der Waals surface area (Å²) in [5, 5.41) is 7.78. The van der Waals surface area contributed by atoms with Crippen molar-refractivity contribution >= 4 is 26.0 Å². The maximum absolute atomic E-state index is 14.6.